The van der Waals surface area contributed by atoms with Gasteiger partial charge in [0.15, 0.2) is 0 Å². The van der Waals surface area contributed by atoms with Gasteiger partial charge in [0.1, 0.15) is 5.75 Å². The Labute approximate surface area is 135 Å². The molecular formula is C17H22N2O4. The number of hydrogen-bond acceptors (Lipinski definition) is 3. The lowest BCUT2D eigenvalue weighted by Crippen LogP contribution is -2.40. The van der Waals surface area contributed by atoms with Gasteiger partial charge in [0.05, 0.1) is 12.5 Å². The highest BCUT2D eigenvalue weighted by molar-refractivity contribution is 5.78. The van der Waals surface area contributed by atoms with E-state index in [1.807, 2.05) is 25.1 Å². The van der Waals surface area contributed by atoms with Gasteiger partial charge in [-0.15, -0.1) is 0 Å². The minimum absolute atomic E-state index is 0.128. The Morgan fingerprint density at radius 1 is 1.43 bits per heavy atom. The van der Waals surface area contributed by atoms with Gasteiger partial charge in [-0.1, -0.05) is 12.1 Å². The number of ether oxygens (including phenoxy) is 1. The lowest BCUT2D eigenvalue weighted by atomic mass is 10.1. The molecule has 1 aliphatic carbocycles. The molecule has 6 heteroatoms. The Kier molecular flexibility index (Phi) is 4.41. The lowest BCUT2D eigenvalue weighted by molar-refractivity contribution is -0.141. The van der Waals surface area contributed by atoms with Crippen LogP contribution in [0.15, 0.2) is 24.3 Å². The Morgan fingerprint density at radius 2 is 2.26 bits per heavy atom. The molecule has 23 heavy (non-hydrogen) atoms. The van der Waals surface area contributed by atoms with Gasteiger partial charge in [-0.25, -0.2) is 4.79 Å². The van der Waals surface area contributed by atoms with Crippen molar-refractivity contribution in [2.24, 2.45) is 5.92 Å². The van der Waals surface area contributed by atoms with Crippen molar-refractivity contribution in [2.45, 2.75) is 31.7 Å². The third kappa shape index (κ3) is 3.57. The monoisotopic (exact) mass is 318 g/mol. The van der Waals surface area contributed by atoms with Crippen molar-refractivity contribution < 1.29 is 19.4 Å². The predicted molar refractivity (Wildman–Crippen MR) is 84.6 cm³/mol. The van der Waals surface area contributed by atoms with Gasteiger partial charge in [0, 0.05) is 25.0 Å². The smallest absolute Gasteiger partial charge is 0.317 e. The van der Waals surface area contributed by atoms with Gasteiger partial charge in [-0.3, -0.25) is 4.79 Å². The van der Waals surface area contributed by atoms with Crippen molar-refractivity contribution in [3.8, 4) is 5.75 Å². The van der Waals surface area contributed by atoms with Crippen LogP contribution in [0.25, 0.3) is 0 Å². The van der Waals surface area contributed by atoms with Gasteiger partial charge in [0.25, 0.3) is 0 Å². The van der Waals surface area contributed by atoms with E-state index in [1.54, 1.807) is 4.90 Å². The number of hydrogen-bond donors (Lipinski definition) is 2. The highest BCUT2D eigenvalue weighted by Gasteiger charge is 2.41. The second kappa shape index (κ2) is 6.48. The summed E-state index contributed by atoms with van der Waals surface area (Å²) in [5.41, 5.74) is 1.17. The predicted octanol–water partition coefficient (Wildman–Crippen LogP) is 2.06. The zero-order valence-electron chi connectivity index (χ0n) is 13.2. The zero-order valence-corrected chi connectivity index (χ0v) is 13.2. The molecule has 2 fully saturated rings. The quantitative estimate of drug-likeness (QED) is 0.871. The number of amides is 2. The summed E-state index contributed by atoms with van der Waals surface area (Å²) in [4.78, 5) is 24.8. The molecule has 2 aliphatic rings. The van der Waals surface area contributed by atoms with Crippen LogP contribution in [-0.2, 0) is 4.79 Å². The Bertz CT molecular complexity index is 604. The summed E-state index contributed by atoms with van der Waals surface area (Å²) >= 11 is 0. The van der Waals surface area contributed by atoms with Crippen molar-refractivity contribution in [3.05, 3.63) is 29.8 Å². The molecule has 1 aromatic rings. The number of carboxylic acid groups (broad SMARTS) is 1. The molecule has 1 heterocycles. The summed E-state index contributed by atoms with van der Waals surface area (Å²) in [6, 6.07) is 7.95. The fourth-order valence-corrected chi connectivity index (χ4v) is 3.12. The molecule has 3 atom stereocenters. The number of rotatable bonds is 5. The number of likely N-dealkylation sites (tertiary alicyclic amines) is 1. The number of carbonyl (C=O) groups excluding carboxylic acids is 1. The first-order chi connectivity index (χ1) is 11.1. The summed E-state index contributed by atoms with van der Waals surface area (Å²) in [5, 5.41) is 12.0. The molecule has 0 bridgehead atoms. The number of urea groups is 1. The van der Waals surface area contributed by atoms with Crippen molar-refractivity contribution >= 4 is 12.0 Å². The van der Waals surface area contributed by atoms with E-state index in [0.29, 0.717) is 32.0 Å². The second-order valence-electron chi connectivity index (χ2n) is 6.17. The molecule has 6 nitrogen and oxygen atoms in total. The van der Waals surface area contributed by atoms with Gasteiger partial charge in [-0.2, -0.15) is 0 Å². The van der Waals surface area contributed by atoms with E-state index >= 15 is 0 Å². The molecule has 0 spiro atoms. The van der Waals surface area contributed by atoms with Crippen LogP contribution >= 0.6 is 0 Å². The summed E-state index contributed by atoms with van der Waals surface area (Å²) in [5.74, 6) is -0.0842. The fraction of sp³-hybridized carbons (Fsp3) is 0.529. The molecule has 0 radical (unpaired) electrons. The van der Waals surface area contributed by atoms with E-state index in [1.165, 1.54) is 5.56 Å². The molecule has 0 aromatic heterocycles. The minimum Gasteiger partial charge on any atom is -0.494 e. The Morgan fingerprint density at radius 3 is 2.96 bits per heavy atom. The van der Waals surface area contributed by atoms with Crippen LogP contribution in [0.2, 0.25) is 0 Å². The van der Waals surface area contributed by atoms with Crippen molar-refractivity contribution in [1.29, 1.82) is 0 Å². The van der Waals surface area contributed by atoms with E-state index in [9.17, 15) is 9.59 Å². The molecular weight excluding hydrogens is 296 g/mol. The third-order valence-corrected chi connectivity index (χ3v) is 4.52. The largest absolute Gasteiger partial charge is 0.494 e. The first-order valence-corrected chi connectivity index (χ1v) is 8.09. The molecule has 2 amide bonds. The number of carboxylic acids is 1. The third-order valence-electron chi connectivity index (χ3n) is 4.52. The van der Waals surface area contributed by atoms with Crippen LogP contribution in [0.4, 0.5) is 4.79 Å². The van der Waals surface area contributed by atoms with Crippen LogP contribution in [0.1, 0.15) is 31.2 Å². The number of carbonyl (C=O) groups is 2. The minimum atomic E-state index is -0.822. The van der Waals surface area contributed by atoms with Crippen LogP contribution in [0, 0.1) is 5.92 Å². The van der Waals surface area contributed by atoms with E-state index in [0.717, 1.165) is 12.2 Å². The van der Waals surface area contributed by atoms with Crippen LogP contribution < -0.4 is 10.1 Å². The average Bonchev–Trinajstić information content (AvgIpc) is 3.10. The number of nitrogens with one attached hydrogen (secondary N) is 1. The lowest BCUT2D eigenvalue weighted by Gasteiger charge is -2.16. The van der Waals surface area contributed by atoms with E-state index in [-0.39, 0.29) is 12.1 Å². The van der Waals surface area contributed by atoms with Crippen molar-refractivity contribution in [1.82, 2.24) is 10.2 Å². The van der Waals surface area contributed by atoms with Crippen LogP contribution in [-0.4, -0.2) is 47.7 Å². The fourth-order valence-electron chi connectivity index (χ4n) is 3.12. The Balaban J connectivity index is 1.52. The summed E-state index contributed by atoms with van der Waals surface area (Å²) in [6.07, 6.45) is 1.45. The maximum atomic E-state index is 12.2. The maximum Gasteiger partial charge on any atom is 0.317 e. The molecule has 1 aliphatic heterocycles. The Hall–Kier alpha value is -2.24. The second-order valence-corrected chi connectivity index (χ2v) is 6.17. The highest BCUT2D eigenvalue weighted by atomic mass is 16.5. The SMILES string of the molecule is CCOc1cccc([C@@H]2C[C@H]2NC(=O)N2CCC(C(=O)O)C2)c1. The summed E-state index contributed by atoms with van der Waals surface area (Å²) in [6.45, 7) is 3.40. The average molecular weight is 318 g/mol. The molecule has 2 N–H and O–H groups in total. The van der Waals surface area contributed by atoms with E-state index < -0.39 is 11.9 Å². The molecule has 1 aromatic carbocycles. The summed E-state index contributed by atoms with van der Waals surface area (Å²) in [7, 11) is 0. The van der Waals surface area contributed by atoms with Crippen molar-refractivity contribution in [2.75, 3.05) is 19.7 Å². The van der Waals surface area contributed by atoms with E-state index in [2.05, 4.69) is 11.4 Å². The van der Waals surface area contributed by atoms with Gasteiger partial charge in [-0.05, 0) is 37.5 Å². The maximum absolute atomic E-state index is 12.2. The topological polar surface area (TPSA) is 78.9 Å². The van der Waals surface area contributed by atoms with Gasteiger partial charge in [0.2, 0.25) is 0 Å². The van der Waals surface area contributed by atoms with Gasteiger partial charge < -0.3 is 20.1 Å². The van der Waals surface area contributed by atoms with E-state index in [4.69, 9.17) is 9.84 Å². The molecule has 1 saturated carbocycles. The molecule has 3 rings (SSSR count). The number of nitrogens with zero attached hydrogens (tertiary/aromatic N) is 1. The molecule has 1 unspecified atom stereocenters. The molecule has 1 saturated heterocycles. The van der Waals surface area contributed by atoms with Crippen molar-refractivity contribution in [3.63, 3.8) is 0 Å². The zero-order chi connectivity index (χ0) is 16.4. The number of aliphatic carboxylic acids is 1. The highest BCUT2D eigenvalue weighted by Crippen LogP contribution is 2.41. The van der Waals surface area contributed by atoms with Crippen LogP contribution in [0.5, 0.6) is 5.75 Å². The van der Waals surface area contributed by atoms with Gasteiger partial charge >= 0.3 is 12.0 Å². The van der Waals surface area contributed by atoms with Crippen LogP contribution in [0.3, 0.4) is 0 Å². The first-order valence-electron chi connectivity index (χ1n) is 8.09. The summed E-state index contributed by atoms with van der Waals surface area (Å²) < 4.78 is 5.51. The number of benzene rings is 1. The first kappa shape index (κ1) is 15.6. The molecule has 124 valence electrons. The normalized spacial score (nSPS) is 26.0. The standard InChI is InChI=1S/C17H22N2O4/c1-2-23-13-5-3-4-11(8-13)14-9-15(14)18-17(22)19-7-6-12(10-19)16(20)21/h3-5,8,12,14-15H,2,6-7,9-10H2,1H3,(H,18,22)(H,20,21)/t12?,14-,15+/m0/s1.